The van der Waals surface area contributed by atoms with Crippen LogP contribution < -0.4 is 48.7 Å². The summed E-state index contributed by atoms with van der Waals surface area (Å²) in [5.41, 5.74) is 11.0. The van der Waals surface area contributed by atoms with Crippen LogP contribution in [0.4, 0.5) is 0 Å². The van der Waals surface area contributed by atoms with Crippen LogP contribution in [0.2, 0.25) is 0 Å². The van der Waals surface area contributed by atoms with E-state index in [1.165, 1.54) is 44.7 Å². The van der Waals surface area contributed by atoms with E-state index in [2.05, 4.69) is 42.2 Å². The second-order valence-corrected chi connectivity index (χ2v) is 19.2. The van der Waals surface area contributed by atoms with E-state index in [1.54, 1.807) is 48.5 Å². The number of carbonyl (C=O) groups excluding carboxylic acids is 10. The standard InChI is InChI=1S/C48H87N13O11/c1-14-20-32(41(66)56-37(27(7)15-2)44(69)54-33(21-18-23-52-48(49)50)47(72)61-24-19-22-34(61)42(67)51-17-4)53-46(71)39(30(10)62)58-45(70)38(28(8)16-3)57-43(68)36(26(5)6)55-40(65)29(9)60(13)35(64)25-59(12)31(11)63/h26-30,32-34,36-39,62H,14-25H2,1-13H3,(H,51,67)(H,53,71)(H,54,69)(H,55,65)(H,56,66)(H,57,68)(H,58,70)(H4,49,50,52)/t27?,28?,29-,30?,32-,33-,34-,36-,37-,38+,39-/m0/s1. The van der Waals surface area contributed by atoms with Gasteiger partial charge in [0.1, 0.15) is 48.3 Å². The molecule has 1 saturated heterocycles. The van der Waals surface area contributed by atoms with Gasteiger partial charge in [0, 0.05) is 40.7 Å². The Labute approximate surface area is 425 Å². The van der Waals surface area contributed by atoms with E-state index >= 15 is 0 Å². The Balaban J connectivity index is 3.35. The van der Waals surface area contributed by atoms with Crippen LogP contribution in [0.1, 0.15) is 128 Å². The molecule has 0 aromatic rings. The fourth-order valence-electron chi connectivity index (χ4n) is 7.81. The van der Waals surface area contributed by atoms with Crippen molar-refractivity contribution in [2.45, 2.75) is 182 Å². The summed E-state index contributed by atoms with van der Waals surface area (Å²) in [7, 11) is 2.84. The highest BCUT2D eigenvalue weighted by Gasteiger charge is 2.40. The highest BCUT2D eigenvalue weighted by molar-refractivity contribution is 5.98. The van der Waals surface area contributed by atoms with Crippen molar-refractivity contribution in [1.29, 1.82) is 0 Å². The molecule has 10 amide bonds. The molecule has 1 heterocycles. The van der Waals surface area contributed by atoms with Crippen molar-refractivity contribution in [2.24, 2.45) is 34.2 Å². The third-order valence-electron chi connectivity index (χ3n) is 13.1. The Hall–Kier alpha value is -6.07. The van der Waals surface area contributed by atoms with Gasteiger partial charge in [0.25, 0.3) is 0 Å². The van der Waals surface area contributed by atoms with Crippen molar-refractivity contribution in [3.05, 3.63) is 0 Å². The van der Waals surface area contributed by atoms with Crippen LogP contribution in [0, 0.1) is 17.8 Å². The molecule has 0 spiro atoms. The van der Waals surface area contributed by atoms with Gasteiger partial charge >= 0.3 is 0 Å². The largest absolute Gasteiger partial charge is 0.391 e. The number of aliphatic hydroxyl groups excluding tert-OH is 1. The average Bonchev–Trinajstić information content (AvgIpc) is 3.82. The van der Waals surface area contributed by atoms with Crippen LogP contribution >= 0.6 is 0 Å². The summed E-state index contributed by atoms with van der Waals surface area (Å²) in [6.45, 7) is 18.5. The molecule has 1 aliphatic rings. The van der Waals surface area contributed by atoms with Gasteiger partial charge in [0.15, 0.2) is 5.96 Å². The lowest BCUT2D eigenvalue weighted by molar-refractivity contribution is -0.143. The van der Waals surface area contributed by atoms with Crippen LogP contribution in [-0.4, -0.2) is 180 Å². The Bertz CT molecular complexity index is 1900. The van der Waals surface area contributed by atoms with Gasteiger partial charge in [-0.05, 0) is 70.6 Å². The molecule has 24 nitrogen and oxygen atoms in total. The number of nitrogens with one attached hydrogen (secondary N) is 7. The van der Waals surface area contributed by atoms with Gasteiger partial charge in [-0.25, -0.2) is 0 Å². The van der Waals surface area contributed by atoms with Crippen LogP contribution in [0.5, 0.6) is 0 Å². The molecular weight excluding hydrogens is 935 g/mol. The van der Waals surface area contributed by atoms with Crippen molar-refractivity contribution in [3.63, 3.8) is 0 Å². The lowest BCUT2D eigenvalue weighted by Crippen LogP contribution is -2.63. The van der Waals surface area contributed by atoms with Crippen molar-refractivity contribution in [3.8, 4) is 0 Å². The summed E-state index contributed by atoms with van der Waals surface area (Å²) in [4.78, 5) is 143. The molecule has 0 aliphatic carbocycles. The van der Waals surface area contributed by atoms with Gasteiger partial charge in [0.05, 0.1) is 12.6 Å². The fourth-order valence-corrected chi connectivity index (χ4v) is 7.81. The molecule has 0 saturated carbocycles. The smallest absolute Gasteiger partial charge is 0.245 e. The van der Waals surface area contributed by atoms with Gasteiger partial charge in [-0.15, -0.1) is 0 Å². The summed E-state index contributed by atoms with van der Waals surface area (Å²) in [5, 5.41) is 29.7. The monoisotopic (exact) mass is 1020 g/mol. The Morgan fingerprint density at radius 3 is 1.68 bits per heavy atom. The maximum absolute atomic E-state index is 14.2. The molecule has 1 fully saturated rings. The predicted molar refractivity (Wildman–Crippen MR) is 271 cm³/mol. The molecule has 0 aromatic carbocycles. The highest BCUT2D eigenvalue weighted by atomic mass is 16.3. The minimum atomic E-state index is -1.63. The number of likely N-dealkylation sites (tertiary alicyclic amines) is 1. The van der Waals surface area contributed by atoms with Gasteiger partial charge in [-0.3, -0.25) is 52.9 Å². The number of carbonyl (C=O) groups is 10. The average molecular weight is 1020 g/mol. The minimum absolute atomic E-state index is 0.0842. The van der Waals surface area contributed by atoms with Gasteiger partial charge in [-0.1, -0.05) is 67.7 Å². The van der Waals surface area contributed by atoms with Crippen molar-refractivity contribution in [2.75, 3.05) is 40.3 Å². The zero-order valence-electron chi connectivity index (χ0n) is 44.9. The van der Waals surface area contributed by atoms with Crippen LogP contribution in [0.3, 0.4) is 0 Å². The number of amides is 10. The van der Waals surface area contributed by atoms with Gasteiger partial charge in [0.2, 0.25) is 59.1 Å². The third-order valence-corrected chi connectivity index (χ3v) is 13.1. The van der Waals surface area contributed by atoms with E-state index in [0.717, 1.165) is 4.90 Å². The first-order chi connectivity index (χ1) is 33.7. The van der Waals surface area contributed by atoms with Crippen LogP contribution in [0.25, 0.3) is 0 Å². The van der Waals surface area contributed by atoms with E-state index in [9.17, 15) is 53.1 Å². The number of hydrogen-bond donors (Lipinski definition) is 10. The van der Waals surface area contributed by atoms with E-state index in [4.69, 9.17) is 11.5 Å². The Kier molecular flexibility index (Phi) is 27.9. The molecule has 1 rings (SSSR count). The predicted octanol–water partition coefficient (Wildman–Crippen LogP) is -1.67. The number of nitrogens with zero attached hydrogens (tertiary/aromatic N) is 4. The molecular formula is C48H87N13O11. The first-order valence-electron chi connectivity index (χ1n) is 25.3. The van der Waals surface area contributed by atoms with Crippen molar-refractivity contribution in [1.82, 2.24) is 51.9 Å². The zero-order valence-corrected chi connectivity index (χ0v) is 44.9. The summed E-state index contributed by atoms with van der Waals surface area (Å²) in [6.07, 6.45) is 1.21. The first-order valence-corrected chi connectivity index (χ1v) is 25.3. The summed E-state index contributed by atoms with van der Waals surface area (Å²) in [5.74, 6) is -7.83. The molecule has 1 aliphatic heterocycles. The highest BCUT2D eigenvalue weighted by Crippen LogP contribution is 2.21. The van der Waals surface area contributed by atoms with E-state index in [-0.39, 0.29) is 43.7 Å². The van der Waals surface area contributed by atoms with Gasteiger partial charge < -0.3 is 68.5 Å². The normalized spacial score (nSPS) is 17.4. The van der Waals surface area contributed by atoms with Crippen LogP contribution in [0.15, 0.2) is 4.99 Å². The van der Waals surface area contributed by atoms with E-state index in [0.29, 0.717) is 51.6 Å². The lowest BCUT2D eigenvalue weighted by atomic mass is 9.95. The number of guanidine groups is 1. The van der Waals surface area contributed by atoms with E-state index < -0.39 is 119 Å². The quantitative estimate of drug-likeness (QED) is 0.0219. The summed E-state index contributed by atoms with van der Waals surface area (Å²) in [6, 6.07) is -9.39. The Morgan fingerprint density at radius 1 is 0.681 bits per heavy atom. The molecule has 24 heteroatoms. The molecule has 11 atom stereocenters. The van der Waals surface area contributed by atoms with Crippen LogP contribution in [-0.2, 0) is 47.9 Å². The number of rotatable bonds is 30. The van der Waals surface area contributed by atoms with Crippen molar-refractivity contribution < 1.29 is 53.1 Å². The number of hydrogen-bond acceptors (Lipinski definition) is 12. The lowest BCUT2D eigenvalue weighted by Gasteiger charge is -2.32. The second kappa shape index (κ2) is 31.4. The van der Waals surface area contributed by atoms with Gasteiger partial charge in [-0.2, -0.15) is 0 Å². The zero-order chi connectivity index (χ0) is 55.2. The summed E-state index contributed by atoms with van der Waals surface area (Å²) >= 11 is 0. The molecule has 0 radical (unpaired) electrons. The number of aliphatic hydroxyl groups is 1. The molecule has 12 N–H and O–H groups in total. The number of aliphatic imine (C=N–C) groups is 1. The third kappa shape index (κ3) is 19.9. The van der Waals surface area contributed by atoms with Crippen molar-refractivity contribution >= 4 is 65.0 Å². The SMILES string of the molecule is CCC[C@H](NC(=O)[C@@H](NC(=O)[C@H](NC(=O)[C@@H](NC(=O)[C@H](C)N(C)C(=O)CN(C)C(C)=O)C(C)C)C(C)CC)C(C)O)C(=O)N[C@H](C(=O)N[C@@H](CCCN=C(N)N)C(=O)N1CCC[C@H]1C(=O)NCC)C(C)CC. The second-order valence-electron chi connectivity index (χ2n) is 19.2. The number of likely N-dealkylation sites (N-methyl/N-ethyl adjacent to an activating group) is 3. The maximum Gasteiger partial charge on any atom is 0.245 e. The molecule has 0 aromatic heterocycles. The topological polar surface area (TPSA) is 349 Å². The first kappa shape index (κ1) is 63.9. The number of nitrogens with two attached hydrogens (primary N) is 2. The maximum atomic E-state index is 14.2. The summed E-state index contributed by atoms with van der Waals surface area (Å²) < 4.78 is 0. The fraction of sp³-hybridized carbons (Fsp3) is 0.771. The minimum Gasteiger partial charge on any atom is -0.391 e. The molecule has 0 bridgehead atoms. The molecule has 72 heavy (non-hydrogen) atoms. The molecule has 3 unspecified atom stereocenters. The van der Waals surface area contributed by atoms with E-state index in [1.807, 2.05) is 6.92 Å². The Morgan fingerprint density at radius 2 is 1.18 bits per heavy atom. The molecule has 410 valence electrons.